The molecular formula is C28H40N2O. The summed E-state index contributed by atoms with van der Waals surface area (Å²) < 4.78 is 0. The average molecular weight is 421 g/mol. The van der Waals surface area contributed by atoms with Gasteiger partial charge in [0.1, 0.15) is 0 Å². The first-order valence-electron chi connectivity index (χ1n) is 12.9. The van der Waals surface area contributed by atoms with Crippen LogP contribution in [0.25, 0.3) is 0 Å². The number of benzene rings is 1. The van der Waals surface area contributed by atoms with Crippen molar-refractivity contribution >= 4 is 5.91 Å². The molecular weight excluding hydrogens is 380 g/mol. The molecule has 4 bridgehead atoms. The van der Waals surface area contributed by atoms with Crippen molar-refractivity contribution in [3.8, 4) is 0 Å². The van der Waals surface area contributed by atoms with Crippen LogP contribution in [0.1, 0.15) is 77.2 Å². The van der Waals surface area contributed by atoms with Crippen LogP contribution in [0, 0.1) is 34.5 Å². The lowest BCUT2D eigenvalue weighted by Crippen LogP contribution is -2.64. The summed E-state index contributed by atoms with van der Waals surface area (Å²) in [6.45, 7) is 6.17. The van der Waals surface area contributed by atoms with Gasteiger partial charge in [0, 0.05) is 19.1 Å². The van der Waals surface area contributed by atoms with Gasteiger partial charge in [0.05, 0.1) is 5.41 Å². The second-order valence-electron chi connectivity index (χ2n) is 12.9. The lowest BCUT2D eigenvalue weighted by atomic mass is 9.39. The van der Waals surface area contributed by atoms with Gasteiger partial charge in [-0.15, -0.1) is 0 Å². The maximum atomic E-state index is 14.2. The Labute approximate surface area is 188 Å². The number of carbonyl (C=O) groups excluding carboxylic acids is 1. The molecule has 3 heteroatoms. The second-order valence-corrected chi connectivity index (χ2v) is 12.9. The minimum absolute atomic E-state index is 0.0157. The first-order valence-corrected chi connectivity index (χ1v) is 12.9. The molecule has 1 heterocycles. The van der Waals surface area contributed by atoms with E-state index in [1.807, 2.05) is 0 Å². The molecule has 6 aliphatic rings. The molecule has 1 amide bonds. The molecule has 1 aliphatic heterocycles. The Hall–Kier alpha value is -1.35. The summed E-state index contributed by atoms with van der Waals surface area (Å²) in [4.78, 5) is 16.5. The number of nitrogens with zero attached hydrogens (tertiary/aromatic N) is 1. The van der Waals surface area contributed by atoms with Crippen LogP contribution in [0.3, 0.4) is 0 Å². The Morgan fingerprint density at radius 1 is 1.03 bits per heavy atom. The van der Waals surface area contributed by atoms with Crippen LogP contribution in [0.15, 0.2) is 30.3 Å². The summed E-state index contributed by atoms with van der Waals surface area (Å²) in [6.07, 6.45) is 11.3. The first kappa shape index (κ1) is 20.3. The molecule has 2 unspecified atom stereocenters. The zero-order valence-electron chi connectivity index (χ0n) is 19.5. The van der Waals surface area contributed by atoms with E-state index in [9.17, 15) is 4.79 Å². The third-order valence-electron chi connectivity index (χ3n) is 10.2. The van der Waals surface area contributed by atoms with Crippen LogP contribution in [0.4, 0.5) is 0 Å². The Balaban J connectivity index is 1.34. The number of amides is 1. The van der Waals surface area contributed by atoms with Crippen molar-refractivity contribution in [3.05, 3.63) is 35.9 Å². The molecule has 1 aromatic rings. The summed E-state index contributed by atoms with van der Waals surface area (Å²) in [5.41, 5.74) is 8.03. The number of nitrogens with two attached hydrogens (primary N) is 1. The molecule has 5 aliphatic carbocycles. The molecule has 0 aromatic heterocycles. The fraction of sp³-hybridized carbons (Fsp3) is 0.750. The molecule has 31 heavy (non-hydrogen) atoms. The van der Waals surface area contributed by atoms with Crippen molar-refractivity contribution in [1.29, 1.82) is 0 Å². The zero-order valence-corrected chi connectivity index (χ0v) is 19.5. The van der Waals surface area contributed by atoms with Crippen LogP contribution in [-0.4, -0.2) is 29.9 Å². The van der Waals surface area contributed by atoms with E-state index in [2.05, 4.69) is 49.1 Å². The number of carbonyl (C=O) groups is 1. The Morgan fingerprint density at radius 2 is 1.71 bits per heavy atom. The molecule has 0 radical (unpaired) electrons. The van der Waals surface area contributed by atoms with Gasteiger partial charge in [-0.3, -0.25) is 4.79 Å². The van der Waals surface area contributed by atoms with Gasteiger partial charge in [-0.1, -0.05) is 57.0 Å². The SMILES string of the molecule is CC1(C)CN(C(=O)C23CC4CC(c5ccccc5)(CC(C2)C4CC2CC2)C3)CC[C@@H]1N. The van der Waals surface area contributed by atoms with Crippen molar-refractivity contribution in [2.24, 2.45) is 40.2 Å². The monoisotopic (exact) mass is 420 g/mol. The van der Waals surface area contributed by atoms with Gasteiger partial charge in [-0.25, -0.2) is 0 Å². The van der Waals surface area contributed by atoms with Gasteiger partial charge in [0.15, 0.2) is 0 Å². The van der Waals surface area contributed by atoms with Gasteiger partial charge < -0.3 is 10.6 Å². The molecule has 3 atom stereocenters. The highest BCUT2D eigenvalue weighted by Gasteiger charge is 2.64. The lowest BCUT2D eigenvalue weighted by Gasteiger charge is -2.65. The van der Waals surface area contributed by atoms with E-state index in [1.54, 1.807) is 0 Å². The average Bonchev–Trinajstić information content (AvgIpc) is 3.57. The maximum Gasteiger partial charge on any atom is 0.228 e. The Kier molecular flexibility index (Phi) is 4.46. The molecule has 5 saturated carbocycles. The molecule has 1 saturated heterocycles. The highest BCUT2D eigenvalue weighted by atomic mass is 16.2. The largest absolute Gasteiger partial charge is 0.342 e. The van der Waals surface area contributed by atoms with E-state index >= 15 is 0 Å². The Bertz CT molecular complexity index is 841. The molecule has 2 N–H and O–H groups in total. The zero-order chi connectivity index (χ0) is 21.4. The van der Waals surface area contributed by atoms with Crippen molar-refractivity contribution < 1.29 is 4.79 Å². The highest BCUT2D eigenvalue weighted by molar-refractivity contribution is 5.84. The standard InChI is InChI=1S/C28H40N2O/c1-26(2)18-30(11-10-24(26)29)25(31)28-15-20-13-27(17-28,22-6-4-3-5-7-22)14-21(16-28)23(20)12-19-8-9-19/h3-7,19-21,23-24H,8-18,29H2,1-2H3/t20?,21?,23?,24-,27?,28?/m0/s1. The summed E-state index contributed by atoms with van der Waals surface area (Å²) in [5.74, 6) is 3.83. The van der Waals surface area contributed by atoms with Gasteiger partial charge in [-0.05, 0) is 85.0 Å². The Morgan fingerprint density at radius 3 is 2.32 bits per heavy atom. The minimum atomic E-state index is -0.126. The summed E-state index contributed by atoms with van der Waals surface area (Å²) in [7, 11) is 0. The maximum absolute atomic E-state index is 14.2. The fourth-order valence-corrected chi connectivity index (χ4v) is 8.63. The number of hydrogen-bond donors (Lipinski definition) is 1. The van der Waals surface area contributed by atoms with Crippen molar-refractivity contribution in [1.82, 2.24) is 4.90 Å². The quantitative estimate of drug-likeness (QED) is 0.733. The van der Waals surface area contributed by atoms with Crippen LogP contribution >= 0.6 is 0 Å². The van der Waals surface area contributed by atoms with E-state index in [4.69, 9.17) is 5.73 Å². The number of rotatable bonds is 4. The van der Waals surface area contributed by atoms with Gasteiger partial charge >= 0.3 is 0 Å². The van der Waals surface area contributed by atoms with Crippen molar-refractivity contribution in [2.75, 3.05) is 13.1 Å². The molecule has 7 rings (SSSR count). The number of piperidine rings is 1. The number of likely N-dealkylation sites (tertiary alicyclic amines) is 1. The van der Waals surface area contributed by atoms with E-state index in [1.165, 1.54) is 37.7 Å². The first-order chi connectivity index (χ1) is 14.8. The molecule has 168 valence electrons. The lowest BCUT2D eigenvalue weighted by molar-refractivity contribution is -0.171. The molecule has 1 aromatic carbocycles. The number of hydrogen-bond acceptors (Lipinski definition) is 2. The van der Waals surface area contributed by atoms with Crippen LogP contribution < -0.4 is 5.73 Å². The van der Waals surface area contributed by atoms with E-state index < -0.39 is 0 Å². The topological polar surface area (TPSA) is 46.3 Å². The van der Waals surface area contributed by atoms with E-state index in [0.29, 0.717) is 5.91 Å². The molecule has 0 spiro atoms. The highest BCUT2D eigenvalue weighted by Crippen LogP contribution is 2.69. The molecule has 6 fully saturated rings. The van der Waals surface area contributed by atoms with Gasteiger partial charge in [-0.2, -0.15) is 0 Å². The summed E-state index contributed by atoms with van der Waals surface area (Å²) in [5, 5.41) is 0. The van der Waals surface area contributed by atoms with E-state index in [0.717, 1.165) is 62.4 Å². The third-order valence-corrected chi connectivity index (χ3v) is 10.2. The predicted molar refractivity (Wildman–Crippen MR) is 124 cm³/mol. The summed E-state index contributed by atoms with van der Waals surface area (Å²) >= 11 is 0. The summed E-state index contributed by atoms with van der Waals surface area (Å²) in [6, 6.07) is 11.5. The minimum Gasteiger partial charge on any atom is -0.342 e. The second kappa shape index (κ2) is 6.83. The fourth-order valence-electron chi connectivity index (χ4n) is 8.63. The smallest absolute Gasteiger partial charge is 0.228 e. The normalized spacial score (nSPS) is 43.3. The van der Waals surface area contributed by atoms with Crippen LogP contribution in [-0.2, 0) is 10.2 Å². The van der Waals surface area contributed by atoms with Gasteiger partial charge in [0.25, 0.3) is 0 Å². The third kappa shape index (κ3) is 3.21. The van der Waals surface area contributed by atoms with Gasteiger partial charge in [0.2, 0.25) is 5.91 Å². The van der Waals surface area contributed by atoms with E-state index in [-0.39, 0.29) is 22.3 Å². The van der Waals surface area contributed by atoms with Crippen LogP contribution in [0.5, 0.6) is 0 Å². The predicted octanol–water partition coefficient (Wildman–Crippen LogP) is 5.14. The van der Waals surface area contributed by atoms with Crippen molar-refractivity contribution in [2.45, 2.75) is 83.1 Å². The molecule has 3 nitrogen and oxygen atoms in total. The van der Waals surface area contributed by atoms with Crippen LogP contribution in [0.2, 0.25) is 0 Å². The van der Waals surface area contributed by atoms with Crippen molar-refractivity contribution in [3.63, 3.8) is 0 Å².